The monoisotopic (exact) mass is 418 g/mol. The topological polar surface area (TPSA) is 25.8 Å². The third-order valence-corrected chi connectivity index (χ3v) is 6.96. The van der Waals surface area contributed by atoms with Gasteiger partial charge in [0.05, 0.1) is 9.26 Å². The second-order valence-corrected chi connectivity index (χ2v) is 8.93. The van der Waals surface area contributed by atoms with Gasteiger partial charge in [0.2, 0.25) is 0 Å². The summed E-state index contributed by atoms with van der Waals surface area (Å²) in [4.78, 5) is 9.61. The van der Waals surface area contributed by atoms with Crippen LogP contribution in [0.5, 0.6) is 0 Å². The van der Waals surface area contributed by atoms with E-state index < -0.39 is 0 Å². The molecule has 0 N–H and O–H groups in total. The predicted octanol–water partition coefficient (Wildman–Crippen LogP) is 6.08. The SMILES string of the molecule is CC1(C)CCC(c2nc(Cl)c(I)c(C3CCCC3)n2)CC1. The number of hydrogen-bond acceptors (Lipinski definition) is 2. The van der Waals surface area contributed by atoms with Crippen molar-refractivity contribution in [1.82, 2.24) is 9.97 Å². The molecule has 4 heteroatoms. The van der Waals surface area contributed by atoms with Gasteiger partial charge in [-0.25, -0.2) is 9.97 Å². The van der Waals surface area contributed by atoms with Crippen LogP contribution < -0.4 is 0 Å². The Kier molecular flexibility index (Phi) is 4.80. The first kappa shape index (κ1) is 16.0. The fraction of sp³-hybridized carbons (Fsp3) is 0.765. The van der Waals surface area contributed by atoms with Crippen molar-refractivity contribution in [2.45, 2.75) is 77.0 Å². The highest BCUT2D eigenvalue weighted by Crippen LogP contribution is 2.43. The molecular formula is C17H24ClIN2. The molecule has 0 bridgehead atoms. The van der Waals surface area contributed by atoms with Crippen LogP contribution in [-0.4, -0.2) is 9.97 Å². The number of hydrogen-bond donors (Lipinski definition) is 0. The molecule has 0 aromatic carbocycles. The molecule has 3 rings (SSSR count). The summed E-state index contributed by atoms with van der Waals surface area (Å²) in [7, 11) is 0. The van der Waals surface area contributed by atoms with Crippen molar-refractivity contribution in [3.05, 3.63) is 20.2 Å². The van der Waals surface area contributed by atoms with Gasteiger partial charge in [0.25, 0.3) is 0 Å². The van der Waals surface area contributed by atoms with Crippen molar-refractivity contribution in [1.29, 1.82) is 0 Å². The molecule has 21 heavy (non-hydrogen) atoms. The quantitative estimate of drug-likeness (QED) is 0.430. The third kappa shape index (κ3) is 3.54. The minimum absolute atomic E-state index is 0.484. The highest BCUT2D eigenvalue weighted by Gasteiger charge is 2.31. The lowest BCUT2D eigenvalue weighted by Gasteiger charge is -2.33. The van der Waals surface area contributed by atoms with E-state index in [0.29, 0.717) is 22.4 Å². The Balaban J connectivity index is 1.86. The number of halogens is 2. The number of nitrogens with zero attached hydrogens (tertiary/aromatic N) is 2. The van der Waals surface area contributed by atoms with Gasteiger partial charge in [-0.3, -0.25) is 0 Å². The number of aromatic nitrogens is 2. The zero-order valence-corrected chi connectivity index (χ0v) is 15.9. The molecule has 1 aromatic rings. The summed E-state index contributed by atoms with van der Waals surface area (Å²) in [6.45, 7) is 4.74. The molecule has 0 radical (unpaired) electrons. The van der Waals surface area contributed by atoms with Gasteiger partial charge in [0, 0.05) is 11.8 Å². The molecule has 0 atom stereocenters. The zero-order chi connectivity index (χ0) is 15.0. The van der Waals surface area contributed by atoms with Gasteiger partial charge in [-0.15, -0.1) is 0 Å². The molecule has 2 saturated carbocycles. The van der Waals surface area contributed by atoms with Crippen LogP contribution in [-0.2, 0) is 0 Å². The van der Waals surface area contributed by atoms with Crippen LogP contribution in [0.25, 0.3) is 0 Å². The lowest BCUT2D eigenvalue weighted by molar-refractivity contribution is 0.220. The molecule has 0 aliphatic heterocycles. The van der Waals surface area contributed by atoms with E-state index >= 15 is 0 Å². The van der Waals surface area contributed by atoms with Crippen LogP contribution in [0.3, 0.4) is 0 Å². The summed E-state index contributed by atoms with van der Waals surface area (Å²) in [5, 5.41) is 0.673. The first-order valence-electron chi connectivity index (χ1n) is 8.19. The molecule has 2 aliphatic rings. The summed E-state index contributed by atoms with van der Waals surface area (Å²) >= 11 is 8.74. The summed E-state index contributed by atoms with van der Waals surface area (Å²) in [5.74, 6) is 2.13. The lowest BCUT2D eigenvalue weighted by Crippen LogP contribution is -2.22. The molecule has 2 nitrogen and oxygen atoms in total. The molecule has 1 heterocycles. The van der Waals surface area contributed by atoms with E-state index in [1.165, 1.54) is 57.1 Å². The molecule has 0 spiro atoms. The Bertz CT molecular complexity index is 514. The van der Waals surface area contributed by atoms with Crippen molar-refractivity contribution in [2.24, 2.45) is 5.41 Å². The summed E-state index contributed by atoms with van der Waals surface area (Å²) in [5.41, 5.74) is 1.71. The molecule has 1 aromatic heterocycles. The van der Waals surface area contributed by atoms with Crippen molar-refractivity contribution in [3.63, 3.8) is 0 Å². The first-order valence-corrected chi connectivity index (χ1v) is 9.65. The fourth-order valence-corrected chi connectivity index (χ4v) is 4.63. The summed E-state index contributed by atoms with van der Waals surface area (Å²) in [6, 6.07) is 0. The van der Waals surface area contributed by atoms with Crippen LogP contribution in [0.15, 0.2) is 0 Å². The lowest BCUT2D eigenvalue weighted by atomic mass is 9.73. The van der Waals surface area contributed by atoms with Gasteiger partial charge >= 0.3 is 0 Å². The average molecular weight is 419 g/mol. The maximum absolute atomic E-state index is 6.41. The maximum Gasteiger partial charge on any atom is 0.146 e. The normalized spacial score (nSPS) is 23.6. The smallest absolute Gasteiger partial charge is 0.146 e. The van der Waals surface area contributed by atoms with E-state index in [-0.39, 0.29) is 0 Å². The van der Waals surface area contributed by atoms with Crippen molar-refractivity contribution in [2.75, 3.05) is 0 Å². The van der Waals surface area contributed by atoms with Gasteiger partial charge in [-0.1, -0.05) is 38.3 Å². The van der Waals surface area contributed by atoms with Crippen LogP contribution >= 0.6 is 34.2 Å². The van der Waals surface area contributed by atoms with E-state index in [2.05, 4.69) is 41.4 Å². The van der Waals surface area contributed by atoms with Gasteiger partial charge in [-0.05, 0) is 66.5 Å². The molecule has 0 saturated heterocycles. The molecule has 0 amide bonds. The fourth-order valence-electron chi connectivity index (χ4n) is 3.76. The van der Waals surface area contributed by atoms with Crippen LogP contribution in [0.1, 0.15) is 88.6 Å². The van der Waals surface area contributed by atoms with Crippen molar-refractivity contribution in [3.8, 4) is 0 Å². The van der Waals surface area contributed by atoms with E-state index in [9.17, 15) is 0 Å². The molecule has 2 fully saturated rings. The first-order chi connectivity index (χ1) is 9.96. The van der Waals surface area contributed by atoms with Gasteiger partial charge < -0.3 is 0 Å². The standard InChI is InChI=1S/C17H24ClIN2/c1-17(2)9-7-12(8-10-17)16-20-14(11-5-3-4-6-11)13(19)15(18)21-16/h11-12H,3-10H2,1-2H3. The Morgan fingerprint density at radius 1 is 1.00 bits per heavy atom. The second kappa shape index (κ2) is 6.31. The zero-order valence-electron chi connectivity index (χ0n) is 13.0. The summed E-state index contributed by atoms with van der Waals surface area (Å²) < 4.78 is 1.08. The summed E-state index contributed by atoms with van der Waals surface area (Å²) in [6.07, 6.45) is 10.1. The molecular weight excluding hydrogens is 395 g/mol. The molecule has 0 unspecified atom stereocenters. The third-order valence-electron chi connectivity index (χ3n) is 5.30. The van der Waals surface area contributed by atoms with Crippen molar-refractivity contribution < 1.29 is 0 Å². The number of rotatable bonds is 2. The Labute approximate surface area is 146 Å². The van der Waals surface area contributed by atoms with E-state index in [4.69, 9.17) is 16.6 Å². The highest BCUT2D eigenvalue weighted by molar-refractivity contribution is 14.1. The van der Waals surface area contributed by atoms with Crippen LogP contribution in [0, 0.1) is 8.99 Å². The van der Waals surface area contributed by atoms with E-state index in [1.807, 2.05) is 0 Å². The minimum atomic E-state index is 0.484. The Morgan fingerprint density at radius 3 is 2.24 bits per heavy atom. The second-order valence-electron chi connectivity index (χ2n) is 7.49. The largest absolute Gasteiger partial charge is 0.236 e. The maximum atomic E-state index is 6.41. The highest BCUT2D eigenvalue weighted by atomic mass is 127. The van der Waals surface area contributed by atoms with Gasteiger partial charge in [0.1, 0.15) is 11.0 Å². The van der Waals surface area contributed by atoms with E-state index in [1.54, 1.807) is 0 Å². The van der Waals surface area contributed by atoms with E-state index in [0.717, 1.165) is 9.39 Å². The average Bonchev–Trinajstić information content (AvgIpc) is 2.95. The van der Waals surface area contributed by atoms with Crippen LogP contribution in [0.2, 0.25) is 5.15 Å². The molecule has 2 aliphatic carbocycles. The van der Waals surface area contributed by atoms with Crippen molar-refractivity contribution >= 4 is 34.2 Å². The Morgan fingerprint density at radius 2 is 1.62 bits per heavy atom. The van der Waals surface area contributed by atoms with Gasteiger partial charge in [0.15, 0.2) is 0 Å². The predicted molar refractivity (Wildman–Crippen MR) is 96.0 cm³/mol. The Hall–Kier alpha value is 0.1000. The molecule has 116 valence electrons. The van der Waals surface area contributed by atoms with Crippen LogP contribution in [0.4, 0.5) is 0 Å². The van der Waals surface area contributed by atoms with Gasteiger partial charge in [-0.2, -0.15) is 0 Å². The minimum Gasteiger partial charge on any atom is -0.236 e.